The third kappa shape index (κ3) is 3.58. The number of benzene rings is 1. The third-order valence-corrected chi connectivity index (χ3v) is 4.83. The number of nitrogens with zero attached hydrogens (tertiary/aromatic N) is 3. The van der Waals surface area contributed by atoms with Gasteiger partial charge in [-0.1, -0.05) is 30.0 Å². The van der Waals surface area contributed by atoms with E-state index in [1.807, 2.05) is 35.7 Å². The summed E-state index contributed by atoms with van der Waals surface area (Å²) in [5.74, 6) is 1.50. The van der Waals surface area contributed by atoms with Crippen LogP contribution in [0.5, 0.6) is 5.75 Å². The Bertz CT molecular complexity index is 795. The molecule has 3 rings (SSSR count). The van der Waals surface area contributed by atoms with Gasteiger partial charge in [-0.25, -0.2) is 14.9 Å². The molecule has 0 saturated carbocycles. The summed E-state index contributed by atoms with van der Waals surface area (Å²) in [5.41, 5.74) is 0.745. The van der Waals surface area contributed by atoms with Crippen LogP contribution >= 0.6 is 23.1 Å². The Morgan fingerprint density at radius 2 is 2.18 bits per heavy atom. The molecule has 0 amide bonds. The standard InChI is InChI=1S/C14H14N4O2S2/c1-18-13(19)16-17-14(18)22-9-10-8-21-12(15-10)7-20-11-5-3-2-4-6-11/h2-6,8H,7,9H2,1H3,(H,16,19). The molecule has 1 N–H and O–H groups in total. The number of para-hydroxylation sites is 1. The number of aromatic amines is 1. The highest BCUT2D eigenvalue weighted by atomic mass is 32.2. The molecular formula is C14H14N4O2S2. The molecule has 0 fully saturated rings. The highest BCUT2D eigenvalue weighted by molar-refractivity contribution is 7.98. The first-order valence-corrected chi connectivity index (χ1v) is 8.44. The van der Waals surface area contributed by atoms with Crippen molar-refractivity contribution in [2.24, 2.45) is 7.05 Å². The van der Waals surface area contributed by atoms with Crippen molar-refractivity contribution in [1.82, 2.24) is 19.7 Å². The predicted molar refractivity (Wildman–Crippen MR) is 86.3 cm³/mol. The van der Waals surface area contributed by atoms with E-state index in [4.69, 9.17) is 4.74 Å². The number of thioether (sulfide) groups is 1. The normalized spacial score (nSPS) is 10.8. The molecule has 0 aliphatic rings. The van der Waals surface area contributed by atoms with E-state index in [9.17, 15) is 4.79 Å². The van der Waals surface area contributed by atoms with Gasteiger partial charge in [-0.15, -0.1) is 16.4 Å². The summed E-state index contributed by atoms with van der Waals surface area (Å²) in [6, 6.07) is 9.67. The van der Waals surface area contributed by atoms with E-state index in [0.29, 0.717) is 17.5 Å². The van der Waals surface area contributed by atoms with Crippen LogP contribution in [0.4, 0.5) is 0 Å². The van der Waals surface area contributed by atoms with Crippen molar-refractivity contribution in [3.05, 3.63) is 56.9 Å². The second kappa shape index (κ2) is 6.80. The van der Waals surface area contributed by atoms with Gasteiger partial charge in [-0.2, -0.15) is 0 Å². The van der Waals surface area contributed by atoms with E-state index >= 15 is 0 Å². The highest BCUT2D eigenvalue weighted by Crippen LogP contribution is 2.21. The maximum Gasteiger partial charge on any atom is 0.343 e. The number of aromatic nitrogens is 4. The summed E-state index contributed by atoms with van der Waals surface area (Å²) in [7, 11) is 1.69. The molecule has 0 aliphatic carbocycles. The SMILES string of the molecule is Cn1c(SCc2csc(COc3ccccc3)n2)n[nH]c1=O. The van der Waals surface area contributed by atoms with Crippen molar-refractivity contribution in [3.63, 3.8) is 0 Å². The van der Waals surface area contributed by atoms with Crippen LogP contribution < -0.4 is 10.4 Å². The zero-order chi connectivity index (χ0) is 15.4. The van der Waals surface area contributed by atoms with Crippen LogP contribution in [0.1, 0.15) is 10.7 Å². The molecule has 114 valence electrons. The number of rotatable bonds is 6. The topological polar surface area (TPSA) is 72.8 Å². The fraction of sp³-hybridized carbons (Fsp3) is 0.214. The molecular weight excluding hydrogens is 320 g/mol. The lowest BCUT2D eigenvalue weighted by molar-refractivity contribution is 0.305. The Morgan fingerprint density at radius 3 is 2.91 bits per heavy atom. The molecule has 0 unspecified atom stereocenters. The molecule has 3 aromatic rings. The van der Waals surface area contributed by atoms with Crippen LogP contribution in [0.15, 0.2) is 45.7 Å². The first-order chi connectivity index (χ1) is 10.7. The first-order valence-electron chi connectivity index (χ1n) is 6.57. The summed E-state index contributed by atoms with van der Waals surface area (Å²) in [5, 5.41) is 9.95. The lowest BCUT2D eigenvalue weighted by atomic mass is 10.3. The van der Waals surface area contributed by atoms with Gasteiger partial charge in [0.2, 0.25) is 0 Å². The first kappa shape index (κ1) is 14.9. The third-order valence-electron chi connectivity index (χ3n) is 2.89. The quantitative estimate of drug-likeness (QED) is 0.701. The van der Waals surface area contributed by atoms with Gasteiger partial charge in [0.15, 0.2) is 5.16 Å². The second-order valence-corrected chi connectivity index (χ2v) is 6.38. The van der Waals surface area contributed by atoms with Gasteiger partial charge in [0.1, 0.15) is 17.4 Å². The Hall–Kier alpha value is -2.06. The number of ether oxygens (including phenoxy) is 1. The summed E-state index contributed by atoms with van der Waals surface area (Å²) in [6.07, 6.45) is 0. The minimum Gasteiger partial charge on any atom is -0.486 e. The minimum absolute atomic E-state index is 0.210. The van der Waals surface area contributed by atoms with Crippen LogP contribution in [0.2, 0.25) is 0 Å². The van der Waals surface area contributed by atoms with Gasteiger partial charge in [0.05, 0.1) is 5.69 Å². The Balaban J connectivity index is 1.55. The summed E-state index contributed by atoms with van der Waals surface area (Å²) >= 11 is 3.04. The van der Waals surface area contributed by atoms with Crippen molar-refractivity contribution in [2.75, 3.05) is 0 Å². The zero-order valence-electron chi connectivity index (χ0n) is 11.9. The molecule has 1 aromatic carbocycles. The van der Waals surface area contributed by atoms with Crippen LogP contribution in [0.25, 0.3) is 0 Å². The van der Waals surface area contributed by atoms with Gasteiger partial charge in [0.25, 0.3) is 0 Å². The van der Waals surface area contributed by atoms with Crippen LogP contribution in [0, 0.1) is 0 Å². The van der Waals surface area contributed by atoms with Gasteiger partial charge in [-0.3, -0.25) is 4.57 Å². The fourth-order valence-electron chi connectivity index (χ4n) is 1.74. The van der Waals surface area contributed by atoms with Gasteiger partial charge in [0, 0.05) is 18.2 Å². The highest BCUT2D eigenvalue weighted by Gasteiger charge is 2.08. The summed E-state index contributed by atoms with van der Waals surface area (Å²) in [6.45, 7) is 0.459. The molecule has 0 atom stereocenters. The Kier molecular flexibility index (Phi) is 4.59. The maximum absolute atomic E-state index is 11.3. The molecule has 22 heavy (non-hydrogen) atoms. The van der Waals surface area contributed by atoms with E-state index in [1.54, 1.807) is 18.4 Å². The molecule has 0 bridgehead atoms. The monoisotopic (exact) mass is 334 g/mol. The van der Waals surface area contributed by atoms with Crippen LogP contribution in [-0.4, -0.2) is 19.7 Å². The maximum atomic E-state index is 11.3. The second-order valence-electron chi connectivity index (χ2n) is 4.49. The zero-order valence-corrected chi connectivity index (χ0v) is 13.5. The van der Waals surface area contributed by atoms with E-state index in [-0.39, 0.29) is 5.69 Å². The lowest BCUT2D eigenvalue weighted by Crippen LogP contribution is -2.12. The molecule has 0 aliphatic heterocycles. The smallest absolute Gasteiger partial charge is 0.343 e. The van der Waals surface area contributed by atoms with Crippen LogP contribution in [0.3, 0.4) is 0 Å². The van der Waals surface area contributed by atoms with E-state index in [1.165, 1.54) is 16.3 Å². The van der Waals surface area contributed by atoms with Crippen molar-refractivity contribution < 1.29 is 4.74 Å². The Labute approximate surface area is 135 Å². The molecule has 0 radical (unpaired) electrons. The van der Waals surface area contributed by atoms with Crippen molar-refractivity contribution in [3.8, 4) is 5.75 Å². The average Bonchev–Trinajstić information content (AvgIpc) is 3.13. The van der Waals surface area contributed by atoms with Gasteiger partial charge < -0.3 is 4.74 Å². The van der Waals surface area contributed by atoms with Crippen molar-refractivity contribution in [2.45, 2.75) is 17.5 Å². The predicted octanol–water partition coefficient (Wildman–Crippen LogP) is 2.44. The lowest BCUT2D eigenvalue weighted by Gasteiger charge is -2.02. The van der Waals surface area contributed by atoms with E-state index < -0.39 is 0 Å². The van der Waals surface area contributed by atoms with E-state index in [0.717, 1.165) is 16.5 Å². The summed E-state index contributed by atoms with van der Waals surface area (Å²) in [4.78, 5) is 15.8. The van der Waals surface area contributed by atoms with Crippen molar-refractivity contribution in [1.29, 1.82) is 0 Å². The van der Waals surface area contributed by atoms with Crippen molar-refractivity contribution >= 4 is 23.1 Å². The van der Waals surface area contributed by atoms with Gasteiger partial charge in [-0.05, 0) is 12.1 Å². The average molecular weight is 334 g/mol. The molecule has 0 saturated heterocycles. The number of nitrogens with one attached hydrogen (secondary N) is 1. The van der Waals surface area contributed by atoms with Gasteiger partial charge >= 0.3 is 5.69 Å². The number of hydrogen-bond acceptors (Lipinski definition) is 6. The number of thiazole rings is 1. The van der Waals surface area contributed by atoms with E-state index in [2.05, 4.69) is 15.2 Å². The molecule has 2 heterocycles. The number of H-pyrrole nitrogens is 1. The van der Waals surface area contributed by atoms with Crippen LogP contribution in [-0.2, 0) is 19.4 Å². The minimum atomic E-state index is -0.210. The molecule has 2 aromatic heterocycles. The number of hydrogen-bond donors (Lipinski definition) is 1. The largest absolute Gasteiger partial charge is 0.486 e. The fourth-order valence-corrected chi connectivity index (χ4v) is 3.37. The summed E-state index contributed by atoms with van der Waals surface area (Å²) < 4.78 is 7.15. The molecule has 0 spiro atoms. The Morgan fingerprint density at radius 1 is 1.36 bits per heavy atom. The molecule has 8 heteroatoms. The molecule has 6 nitrogen and oxygen atoms in total.